The molecule has 3 aromatic rings. The summed E-state index contributed by atoms with van der Waals surface area (Å²) in [5, 5.41) is 8.87. The smallest absolute Gasteiger partial charge is 0.137 e. The fourth-order valence-electron chi connectivity index (χ4n) is 2.72. The minimum Gasteiger partial charge on any atom is -0.459 e. The Hall–Kier alpha value is -2.07. The van der Waals surface area contributed by atoms with E-state index in [1.807, 2.05) is 31.9 Å². The van der Waals surface area contributed by atoms with Crippen molar-refractivity contribution in [3.8, 4) is 0 Å². The van der Waals surface area contributed by atoms with Gasteiger partial charge in [0.15, 0.2) is 0 Å². The summed E-state index contributed by atoms with van der Waals surface area (Å²) in [5.41, 5.74) is 4.28. The number of aromatic nitrogens is 2. The number of benzene rings is 1. The zero-order valence-electron chi connectivity index (χ0n) is 12.3. The van der Waals surface area contributed by atoms with Gasteiger partial charge < -0.3 is 9.73 Å². The van der Waals surface area contributed by atoms with Crippen molar-refractivity contribution in [3.05, 3.63) is 53.0 Å². The summed E-state index contributed by atoms with van der Waals surface area (Å²) < 4.78 is 7.91. The molecule has 0 saturated heterocycles. The van der Waals surface area contributed by atoms with E-state index in [1.165, 1.54) is 0 Å². The lowest BCUT2D eigenvalue weighted by Gasteiger charge is -2.12. The van der Waals surface area contributed by atoms with Crippen LogP contribution in [0.4, 0.5) is 0 Å². The van der Waals surface area contributed by atoms with Gasteiger partial charge in [0.05, 0.1) is 11.7 Å². The van der Waals surface area contributed by atoms with Crippen molar-refractivity contribution in [1.82, 2.24) is 15.1 Å². The molecule has 0 aliphatic rings. The fourth-order valence-corrected chi connectivity index (χ4v) is 2.72. The summed E-state index contributed by atoms with van der Waals surface area (Å²) in [5.74, 6) is 0.924. The second kappa shape index (κ2) is 4.80. The first-order valence-electron chi connectivity index (χ1n) is 6.76. The van der Waals surface area contributed by atoms with Crippen LogP contribution in [0.15, 0.2) is 34.9 Å². The first-order valence-corrected chi connectivity index (χ1v) is 6.76. The summed E-state index contributed by atoms with van der Waals surface area (Å²) in [6.45, 7) is 4.09. The predicted molar refractivity (Wildman–Crippen MR) is 79.8 cm³/mol. The van der Waals surface area contributed by atoms with Gasteiger partial charge >= 0.3 is 0 Å². The molecule has 1 N–H and O–H groups in total. The molecule has 0 spiro atoms. The van der Waals surface area contributed by atoms with Gasteiger partial charge in [0.1, 0.15) is 11.3 Å². The summed E-state index contributed by atoms with van der Waals surface area (Å²) in [6.07, 6.45) is 2.04. The molecule has 0 bridgehead atoms. The highest BCUT2D eigenvalue weighted by Gasteiger charge is 2.21. The molecule has 1 unspecified atom stereocenters. The average molecular weight is 269 g/mol. The van der Waals surface area contributed by atoms with Crippen LogP contribution < -0.4 is 5.32 Å². The second-order valence-electron chi connectivity index (χ2n) is 5.21. The minimum absolute atomic E-state index is 0.0236. The van der Waals surface area contributed by atoms with E-state index in [0.717, 1.165) is 33.6 Å². The van der Waals surface area contributed by atoms with Gasteiger partial charge in [-0.1, -0.05) is 18.2 Å². The lowest BCUT2D eigenvalue weighted by Crippen LogP contribution is -2.17. The number of aryl methyl sites for hydroxylation is 3. The van der Waals surface area contributed by atoms with Crippen molar-refractivity contribution >= 4 is 11.0 Å². The number of para-hydroxylation sites is 1. The molecule has 104 valence electrons. The third kappa shape index (κ3) is 2.02. The highest BCUT2D eigenvalue weighted by Crippen LogP contribution is 2.30. The average Bonchev–Trinajstić information content (AvgIpc) is 2.96. The molecule has 1 aromatic carbocycles. The number of nitrogens with one attached hydrogen (secondary N) is 1. The molecule has 1 atom stereocenters. The van der Waals surface area contributed by atoms with Crippen molar-refractivity contribution in [3.63, 3.8) is 0 Å². The zero-order valence-corrected chi connectivity index (χ0v) is 12.3. The molecule has 0 fully saturated rings. The van der Waals surface area contributed by atoms with Crippen molar-refractivity contribution < 1.29 is 4.42 Å². The van der Waals surface area contributed by atoms with Crippen LogP contribution in [-0.2, 0) is 7.05 Å². The van der Waals surface area contributed by atoms with Crippen molar-refractivity contribution in [2.24, 2.45) is 7.05 Å². The van der Waals surface area contributed by atoms with Gasteiger partial charge in [-0.25, -0.2) is 0 Å². The Balaban J connectivity index is 2.12. The van der Waals surface area contributed by atoms with Gasteiger partial charge in [0, 0.05) is 24.2 Å². The van der Waals surface area contributed by atoms with Gasteiger partial charge in [0.25, 0.3) is 0 Å². The summed E-state index contributed by atoms with van der Waals surface area (Å²) in [4.78, 5) is 0. The van der Waals surface area contributed by atoms with E-state index in [-0.39, 0.29) is 6.04 Å². The van der Waals surface area contributed by atoms with Crippen molar-refractivity contribution in [2.75, 3.05) is 7.05 Å². The molecular weight excluding hydrogens is 250 g/mol. The van der Waals surface area contributed by atoms with Crippen LogP contribution in [0, 0.1) is 13.8 Å². The zero-order chi connectivity index (χ0) is 14.3. The maximum atomic E-state index is 6.07. The van der Waals surface area contributed by atoms with Crippen LogP contribution in [0.25, 0.3) is 11.0 Å². The Morgan fingerprint density at radius 1 is 1.30 bits per heavy atom. The maximum Gasteiger partial charge on any atom is 0.137 e. The lowest BCUT2D eigenvalue weighted by atomic mass is 10.1. The van der Waals surface area contributed by atoms with Crippen LogP contribution in [0.5, 0.6) is 0 Å². The van der Waals surface area contributed by atoms with Crippen LogP contribution in [-0.4, -0.2) is 16.8 Å². The molecule has 4 nitrogen and oxygen atoms in total. The summed E-state index contributed by atoms with van der Waals surface area (Å²) in [7, 11) is 3.88. The molecule has 0 aliphatic carbocycles. The molecule has 4 heteroatoms. The highest BCUT2D eigenvalue weighted by molar-refractivity contribution is 5.81. The van der Waals surface area contributed by atoms with E-state index in [0.29, 0.717) is 0 Å². The fraction of sp³-hybridized carbons (Fsp3) is 0.312. The molecule has 20 heavy (non-hydrogen) atoms. The number of hydrogen-bond acceptors (Lipinski definition) is 3. The minimum atomic E-state index is 0.0236. The van der Waals surface area contributed by atoms with E-state index in [1.54, 1.807) is 0 Å². The van der Waals surface area contributed by atoms with Crippen LogP contribution in [0.1, 0.15) is 28.6 Å². The van der Waals surface area contributed by atoms with E-state index in [9.17, 15) is 0 Å². The third-order valence-electron chi connectivity index (χ3n) is 3.70. The van der Waals surface area contributed by atoms with E-state index >= 15 is 0 Å². The molecule has 2 heterocycles. The second-order valence-corrected chi connectivity index (χ2v) is 5.21. The molecule has 2 aromatic heterocycles. The third-order valence-corrected chi connectivity index (χ3v) is 3.70. The number of nitrogens with zero attached hydrogens (tertiary/aromatic N) is 2. The van der Waals surface area contributed by atoms with E-state index in [2.05, 4.69) is 41.6 Å². The van der Waals surface area contributed by atoms with Crippen LogP contribution >= 0.6 is 0 Å². The lowest BCUT2D eigenvalue weighted by molar-refractivity contribution is 0.489. The first kappa shape index (κ1) is 12.9. The molecule has 0 aliphatic heterocycles. The van der Waals surface area contributed by atoms with Crippen LogP contribution in [0.2, 0.25) is 0 Å². The van der Waals surface area contributed by atoms with Gasteiger partial charge in [0.2, 0.25) is 0 Å². The Labute approximate surface area is 118 Å². The molecule has 3 rings (SSSR count). The monoisotopic (exact) mass is 269 g/mol. The summed E-state index contributed by atoms with van der Waals surface area (Å²) in [6, 6.07) is 8.34. The Morgan fingerprint density at radius 3 is 2.70 bits per heavy atom. The molecule has 0 saturated carbocycles. The Bertz CT molecular complexity index is 754. The molecular formula is C16H19N3O. The van der Waals surface area contributed by atoms with Crippen LogP contribution in [0.3, 0.4) is 0 Å². The standard InChI is InChI=1S/C16H19N3O/c1-10-6-5-7-12-8-14(20-16(10)12)15(17-3)13-9-19(4)18-11(13)2/h5-9,15,17H,1-4H3. The van der Waals surface area contributed by atoms with Crippen molar-refractivity contribution in [1.29, 1.82) is 0 Å². The SMILES string of the molecule is CNC(c1cc2cccc(C)c2o1)c1cn(C)nc1C. The highest BCUT2D eigenvalue weighted by atomic mass is 16.3. The maximum absolute atomic E-state index is 6.07. The summed E-state index contributed by atoms with van der Waals surface area (Å²) >= 11 is 0. The van der Waals surface area contributed by atoms with Gasteiger partial charge in [-0.2, -0.15) is 5.10 Å². The number of rotatable bonds is 3. The van der Waals surface area contributed by atoms with Gasteiger partial charge in [-0.05, 0) is 32.5 Å². The van der Waals surface area contributed by atoms with E-state index in [4.69, 9.17) is 4.42 Å². The van der Waals surface area contributed by atoms with E-state index < -0.39 is 0 Å². The first-order chi connectivity index (χ1) is 9.60. The normalized spacial score (nSPS) is 13.0. The predicted octanol–water partition coefficient (Wildman–Crippen LogP) is 3.09. The Kier molecular flexibility index (Phi) is 3.10. The number of hydrogen-bond donors (Lipinski definition) is 1. The Morgan fingerprint density at radius 2 is 2.10 bits per heavy atom. The molecule has 0 amide bonds. The molecule has 0 radical (unpaired) electrons. The number of fused-ring (bicyclic) bond motifs is 1. The topological polar surface area (TPSA) is 43.0 Å². The largest absolute Gasteiger partial charge is 0.459 e. The van der Waals surface area contributed by atoms with Gasteiger partial charge in [-0.3, -0.25) is 4.68 Å². The quantitative estimate of drug-likeness (QED) is 0.794. The van der Waals surface area contributed by atoms with Crippen molar-refractivity contribution in [2.45, 2.75) is 19.9 Å². The van der Waals surface area contributed by atoms with Gasteiger partial charge in [-0.15, -0.1) is 0 Å². The number of furan rings is 1.